The molecule has 1 aromatic heterocycles. The molecule has 1 saturated carbocycles. The number of rotatable bonds is 5. The maximum atomic E-state index is 11.0. The summed E-state index contributed by atoms with van der Waals surface area (Å²) >= 11 is 6.26. The average Bonchev–Trinajstić information content (AvgIpc) is 2.82. The zero-order chi connectivity index (χ0) is 15.7. The Morgan fingerprint density at radius 3 is 2.48 bits per heavy atom. The molecule has 0 saturated heterocycles. The summed E-state index contributed by atoms with van der Waals surface area (Å²) in [6.07, 6.45) is 4.66. The molecule has 1 aliphatic carbocycles. The van der Waals surface area contributed by atoms with Crippen molar-refractivity contribution >= 4 is 11.6 Å². The molecule has 1 aromatic rings. The fraction of sp³-hybridized carbons (Fsp3) is 0.812. The van der Waals surface area contributed by atoms with Crippen molar-refractivity contribution in [3.8, 4) is 0 Å². The Bertz CT molecular complexity index is 475. The van der Waals surface area contributed by atoms with E-state index in [2.05, 4.69) is 18.9 Å². The third kappa shape index (κ3) is 3.27. The van der Waals surface area contributed by atoms with E-state index in [1.54, 1.807) is 10.9 Å². The smallest absolute Gasteiger partial charge is 0.126 e. The van der Waals surface area contributed by atoms with Crippen LogP contribution in [0.2, 0.25) is 5.02 Å². The summed E-state index contributed by atoms with van der Waals surface area (Å²) < 4.78 is 7.83. The van der Waals surface area contributed by atoms with Gasteiger partial charge in [-0.25, -0.2) is 0 Å². The second-order valence-corrected chi connectivity index (χ2v) is 7.17. The molecule has 2 rings (SSSR count). The second-order valence-electron chi connectivity index (χ2n) is 6.76. The molecule has 1 aliphatic rings. The topological polar surface area (TPSA) is 47.3 Å². The Morgan fingerprint density at radius 2 is 1.95 bits per heavy atom. The zero-order valence-corrected chi connectivity index (χ0v) is 14.3. The number of hydrogen-bond acceptors (Lipinski definition) is 3. The molecule has 5 heteroatoms. The van der Waals surface area contributed by atoms with Crippen LogP contribution in [0.4, 0.5) is 0 Å². The highest BCUT2D eigenvalue weighted by Gasteiger charge is 2.46. The first-order valence-corrected chi connectivity index (χ1v) is 8.26. The first-order chi connectivity index (χ1) is 9.85. The van der Waals surface area contributed by atoms with Gasteiger partial charge in [-0.05, 0) is 44.9 Å². The van der Waals surface area contributed by atoms with E-state index < -0.39 is 11.7 Å². The molecule has 1 heterocycles. The highest BCUT2D eigenvalue weighted by Crippen LogP contribution is 2.48. The molecule has 0 amide bonds. The summed E-state index contributed by atoms with van der Waals surface area (Å²) in [5.74, 6) is 0. The lowest BCUT2D eigenvalue weighted by Gasteiger charge is -2.45. The predicted molar refractivity (Wildman–Crippen MR) is 84.5 cm³/mol. The Labute approximate surface area is 132 Å². The molecule has 0 aromatic carbocycles. The number of aliphatic hydroxyl groups is 1. The number of hydrogen-bond donors (Lipinski definition) is 1. The molecule has 4 nitrogen and oxygen atoms in total. The number of aryl methyl sites for hydroxylation is 1. The summed E-state index contributed by atoms with van der Waals surface area (Å²) in [7, 11) is 0. The maximum Gasteiger partial charge on any atom is 0.126 e. The molecule has 0 aliphatic heterocycles. The molecule has 0 spiro atoms. The molecular weight excluding hydrogens is 288 g/mol. The first-order valence-electron chi connectivity index (χ1n) is 7.88. The quantitative estimate of drug-likeness (QED) is 0.894. The van der Waals surface area contributed by atoms with Crippen LogP contribution in [-0.4, -0.2) is 27.1 Å². The van der Waals surface area contributed by atoms with Gasteiger partial charge in [0, 0.05) is 13.2 Å². The molecule has 1 fully saturated rings. The molecule has 120 valence electrons. The maximum absolute atomic E-state index is 11.0. The summed E-state index contributed by atoms with van der Waals surface area (Å²) in [6, 6.07) is 0. The van der Waals surface area contributed by atoms with Crippen molar-refractivity contribution in [3.05, 3.63) is 16.9 Å². The summed E-state index contributed by atoms with van der Waals surface area (Å²) in [4.78, 5) is 0. The van der Waals surface area contributed by atoms with Gasteiger partial charge in [-0.15, -0.1) is 0 Å². The van der Waals surface area contributed by atoms with E-state index in [-0.39, 0.29) is 0 Å². The average molecular weight is 315 g/mol. The van der Waals surface area contributed by atoms with E-state index in [9.17, 15) is 5.11 Å². The van der Waals surface area contributed by atoms with E-state index in [0.29, 0.717) is 29.3 Å². The molecule has 0 bridgehead atoms. The number of ether oxygens (including phenoxy) is 1. The van der Waals surface area contributed by atoms with Crippen molar-refractivity contribution in [2.75, 3.05) is 6.61 Å². The summed E-state index contributed by atoms with van der Waals surface area (Å²) in [6.45, 7) is 9.81. The largest absolute Gasteiger partial charge is 0.384 e. The second kappa shape index (κ2) is 6.27. The van der Waals surface area contributed by atoms with E-state index in [1.807, 2.05) is 13.8 Å². The van der Waals surface area contributed by atoms with Gasteiger partial charge in [0.25, 0.3) is 0 Å². The van der Waals surface area contributed by atoms with Crippen LogP contribution >= 0.6 is 11.6 Å². The Morgan fingerprint density at radius 1 is 1.33 bits per heavy atom. The van der Waals surface area contributed by atoms with Crippen molar-refractivity contribution in [2.24, 2.45) is 5.41 Å². The standard InChI is InChI=1S/C16H27ClN2O2/c1-5-19-13(12(17)11-18-19)14(20)16(21-6-2)9-7-15(3,4)8-10-16/h11,14,20H,5-10H2,1-4H3. The fourth-order valence-corrected chi connectivity index (χ4v) is 3.52. The van der Waals surface area contributed by atoms with E-state index in [0.717, 1.165) is 25.7 Å². The lowest BCUT2D eigenvalue weighted by atomic mass is 9.68. The SMILES string of the molecule is CCOC1(C(O)c2c(Cl)cnn2CC)CCC(C)(C)CC1. The normalized spacial score (nSPS) is 22.2. The minimum Gasteiger partial charge on any atom is -0.384 e. The van der Waals surface area contributed by atoms with Crippen molar-refractivity contribution in [1.29, 1.82) is 0 Å². The van der Waals surface area contributed by atoms with E-state index in [1.165, 1.54) is 0 Å². The Hall–Kier alpha value is -0.580. The van der Waals surface area contributed by atoms with Gasteiger partial charge in [0.1, 0.15) is 6.10 Å². The van der Waals surface area contributed by atoms with Crippen molar-refractivity contribution in [1.82, 2.24) is 9.78 Å². The first kappa shape index (κ1) is 16.8. The molecule has 1 N–H and O–H groups in total. The van der Waals surface area contributed by atoms with Gasteiger partial charge in [0.2, 0.25) is 0 Å². The molecular formula is C16H27ClN2O2. The van der Waals surface area contributed by atoms with Crippen LogP contribution in [0.3, 0.4) is 0 Å². The lowest BCUT2D eigenvalue weighted by Crippen LogP contribution is -2.45. The Balaban J connectivity index is 2.32. The zero-order valence-electron chi connectivity index (χ0n) is 13.5. The van der Waals surface area contributed by atoms with Crippen molar-refractivity contribution in [3.63, 3.8) is 0 Å². The number of nitrogens with zero attached hydrogens (tertiary/aromatic N) is 2. The van der Waals surface area contributed by atoms with Crippen molar-refractivity contribution in [2.45, 2.75) is 71.6 Å². The van der Waals surface area contributed by atoms with Gasteiger partial charge >= 0.3 is 0 Å². The minimum atomic E-state index is -0.733. The van der Waals surface area contributed by atoms with Gasteiger partial charge in [-0.1, -0.05) is 25.4 Å². The number of aromatic nitrogens is 2. The summed E-state index contributed by atoms with van der Waals surface area (Å²) in [5.41, 5.74) is 0.461. The van der Waals surface area contributed by atoms with Crippen LogP contribution in [0.25, 0.3) is 0 Å². The highest BCUT2D eigenvalue weighted by molar-refractivity contribution is 6.31. The molecule has 0 radical (unpaired) electrons. The van der Waals surface area contributed by atoms with Crippen LogP contribution in [0.15, 0.2) is 6.20 Å². The Kier molecular flexibility index (Phi) is 5.01. The highest BCUT2D eigenvalue weighted by atomic mass is 35.5. The van der Waals surface area contributed by atoms with Crippen LogP contribution in [-0.2, 0) is 11.3 Å². The summed E-state index contributed by atoms with van der Waals surface area (Å²) in [5, 5.41) is 15.8. The lowest BCUT2D eigenvalue weighted by molar-refractivity contribution is -0.155. The third-order valence-corrected chi connectivity index (χ3v) is 5.06. The van der Waals surface area contributed by atoms with Gasteiger partial charge in [-0.2, -0.15) is 5.10 Å². The van der Waals surface area contributed by atoms with Gasteiger partial charge in [0.05, 0.1) is 22.5 Å². The van der Waals surface area contributed by atoms with E-state index in [4.69, 9.17) is 16.3 Å². The van der Waals surface area contributed by atoms with Crippen LogP contribution in [0.1, 0.15) is 65.2 Å². The van der Waals surface area contributed by atoms with Gasteiger partial charge in [-0.3, -0.25) is 4.68 Å². The third-order valence-electron chi connectivity index (χ3n) is 4.77. The van der Waals surface area contributed by atoms with Crippen LogP contribution < -0.4 is 0 Å². The van der Waals surface area contributed by atoms with E-state index >= 15 is 0 Å². The van der Waals surface area contributed by atoms with Gasteiger partial charge in [0.15, 0.2) is 0 Å². The molecule has 1 atom stereocenters. The number of aliphatic hydroxyl groups excluding tert-OH is 1. The predicted octanol–water partition coefficient (Wildman–Crippen LogP) is 3.97. The van der Waals surface area contributed by atoms with Crippen LogP contribution in [0.5, 0.6) is 0 Å². The molecule has 1 unspecified atom stereocenters. The van der Waals surface area contributed by atoms with Gasteiger partial charge < -0.3 is 9.84 Å². The molecule has 21 heavy (non-hydrogen) atoms. The fourth-order valence-electron chi connectivity index (χ4n) is 3.28. The minimum absolute atomic E-state index is 0.315. The van der Waals surface area contributed by atoms with Crippen molar-refractivity contribution < 1.29 is 9.84 Å². The van der Waals surface area contributed by atoms with Crippen LogP contribution in [0, 0.1) is 5.41 Å². The number of halogens is 1. The monoisotopic (exact) mass is 314 g/mol.